The topological polar surface area (TPSA) is 25.8 Å². The summed E-state index contributed by atoms with van der Waals surface area (Å²) in [4.78, 5) is 10.4. The SMILES string of the molecule is CC1(C)c2ccc(-c3ccc(-c4cc(-c5ccc(-c6cccc7ccccc67)cc5)nc(-c5ccccc5)n4)c4ccccc34)cc2-c2c1ccc1ccccc21. The van der Waals surface area contributed by atoms with Gasteiger partial charge in [-0.15, -0.1) is 0 Å². The number of rotatable bonds is 5. The highest BCUT2D eigenvalue weighted by atomic mass is 14.9. The predicted octanol–water partition coefficient (Wildman–Crippen LogP) is 14.6. The zero-order valence-corrected chi connectivity index (χ0v) is 31.9. The van der Waals surface area contributed by atoms with E-state index < -0.39 is 0 Å². The van der Waals surface area contributed by atoms with E-state index in [0.717, 1.165) is 33.5 Å². The van der Waals surface area contributed by atoms with Crippen LogP contribution in [0.5, 0.6) is 0 Å². The average Bonchev–Trinajstić information content (AvgIpc) is 3.51. The Bertz CT molecular complexity index is 3190. The third-order valence-electron chi connectivity index (χ3n) is 12.1. The van der Waals surface area contributed by atoms with Gasteiger partial charge in [-0.1, -0.05) is 196 Å². The number of aromatic nitrogens is 2. The van der Waals surface area contributed by atoms with Gasteiger partial charge in [-0.05, 0) is 89.0 Å². The molecule has 57 heavy (non-hydrogen) atoms. The van der Waals surface area contributed by atoms with Crippen molar-refractivity contribution in [3.63, 3.8) is 0 Å². The monoisotopic (exact) mass is 726 g/mol. The van der Waals surface area contributed by atoms with Crippen molar-refractivity contribution in [1.29, 1.82) is 0 Å². The van der Waals surface area contributed by atoms with Crippen LogP contribution in [-0.4, -0.2) is 9.97 Å². The predicted molar refractivity (Wildman–Crippen MR) is 239 cm³/mol. The van der Waals surface area contributed by atoms with E-state index in [9.17, 15) is 0 Å². The van der Waals surface area contributed by atoms with Gasteiger partial charge in [0.2, 0.25) is 0 Å². The summed E-state index contributed by atoms with van der Waals surface area (Å²) in [5.41, 5.74) is 15.1. The lowest BCUT2D eigenvalue weighted by Crippen LogP contribution is -2.14. The lowest BCUT2D eigenvalue weighted by atomic mass is 9.81. The van der Waals surface area contributed by atoms with Crippen LogP contribution < -0.4 is 0 Å². The zero-order valence-electron chi connectivity index (χ0n) is 31.9. The van der Waals surface area contributed by atoms with Gasteiger partial charge in [-0.25, -0.2) is 9.97 Å². The molecule has 1 aliphatic rings. The van der Waals surface area contributed by atoms with Crippen LogP contribution in [-0.2, 0) is 5.41 Å². The highest BCUT2D eigenvalue weighted by Crippen LogP contribution is 2.52. The van der Waals surface area contributed by atoms with E-state index in [1.807, 2.05) is 18.2 Å². The summed E-state index contributed by atoms with van der Waals surface area (Å²) in [6.45, 7) is 4.71. The van der Waals surface area contributed by atoms with Crippen molar-refractivity contribution >= 4 is 32.3 Å². The van der Waals surface area contributed by atoms with Gasteiger partial charge in [0.25, 0.3) is 0 Å². The van der Waals surface area contributed by atoms with Crippen LogP contribution in [0, 0.1) is 0 Å². The van der Waals surface area contributed by atoms with Crippen LogP contribution in [0.15, 0.2) is 194 Å². The average molecular weight is 727 g/mol. The normalized spacial score (nSPS) is 12.9. The fraction of sp³-hybridized carbons (Fsp3) is 0.0545. The first-order valence-electron chi connectivity index (χ1n) is 19.7. The van der Waals surface area contributed by atoms with E-state index in [2.05, 4.69) is 190 Å². The van der Waals surface area contributed by atoms with Crippen molar-refractivity contribution in [2.75, 3.05) is 0 Å². The first kappa shape index (κ1) is 33.2. The smallest absolute Gasteiger partial charge is 0.160 e. The van der Waals surface area contributed by atoms with Crippen LogP contribution >= 0.6 is 0 Å². The minimum atomic E-state index is -0.0728. The molecule has 0 aliphatic heterocycles. The molecule has 0 fully saturated rings. The maximum atomic E-state index is 5.26. The molecular weight excluding hydrogens is 689 g/mol. The van der Waals surface area contributed by atoms with Crippen molar-refractivity contribution in [1.82, 2.24) is 9.97 Å². The summed E-state index contributed by atoms with van der Waals surface area (Å²) in [6.07, 6.45) is 0. The van der Waals surface area contributed by atoms with Crippen molar-refractivity contribution in [3.05, 3.63) is 205 Å². The maximum Gasteiger partial charge on any atom is 0.160 e. The van der Waals surface area contributed by atoms with E-state index in [1.54, 1.807) is 0 Å². The van der Waals surface area contributed by atoms with E-state index >= 15 is 0 Å². The van der Waals surface area contributed by atoms with E-state index in [-0.39, 0.29) is 5.41 Å². The lowest BCUT2D eigenvalue weighted by Gasteiger charge is -2.22. The van der Waals surface area contributed by atoms with Crippen molar-refractivity contribution in [3.8, 4) is 67.3 Å². The molecule has 1 heterocycles. The molecule has 9 aromatic carbocycles. The third-order valence-corrected chi connectivity index (χ3v) is 12.1. The lowest BCUT2D eigenvalue weighted by molar-refractivity contribution is 0.661. The molecular formula is C55H38N2. The molecule has 1 aromatic heterocycles. The molecule has 0 bridgehead atoms. The van der Waals surface area contributed by atoms with Crippen LogP contribution in [0.1, 0.15) is 25.0 Å². The van der Waals surface area contributed by atoms with Gasteiger partial charge in [0, 0.05) is 22.1 Å². The van der Waals surface area contributed by atoms with Crippen LogP contribution in [0.2, 0.25) is 0 Å². The summed E-state index contributed by atoms with van der Waals surface area (Å²) in [6, 6.07) is 70.1. The quantitative estimate of drug-likeness (QED) is 0.176. The second-order valence-corrected chi connectivity index (χ2v) is 15.7. The Hall–Kier alpha value is -7.16. The summed E-state index contributed by atoms with van der Waals surface area (Å²) in [5, 5.41) is 7.45. The molecule has 2 nitrogen and oxygen atoms in total. The van der Waals surface area contributed by atoms with Crippen molar-refractivity contribution in [2.45, 2.75) is 19.3 Å². The Morgan fingerprint density at radius 2 is 0.895 bits per heavy atom. The highest BCUT2D eigenvalue weighted by molar-refractivity contribution is 6.07. The Labute approximate surface area is 332 Å². The van der Waals surface area contributed by atoms with Gasteiger partial charge in [0.1, 0.15) is 0 Å². The van der Waals surface area contributed by atoms with Crippen LogP contribution in [0.25, 0.3) is 99.6 Å². The van der Waals surface area contributed by atoms with Crippen molar-refractivity contribution < 1.29 is 0 Å². The molecule has 0 atom stereocenters. The largest absolute Gasteiger partial charge is 0.228 e. The molecule has 0 N–H and O–H groups in total. The van der Waals surface area contributed by atoms with Gasteiger partial charge in [-0.2, -0.15) is 0 Å². The van der Waals surface area contributed by atoms with Crippen molar-refractivity contribution in [2.24, 2.45) is 0 Å². The molecule has 1 aliphatic carbocycles. The molecule has 0 spiro atoms. The van der Waals surface area contributed by atoms with Gasteiger partial charge >= 0.3 is 0 Å². The number of fused-ring (bicyclic) bond motifs is 7. The Morgan fingerprint density at radius 3 is 1.68 bits per heavy atom. The highest BCUT2D eigenvalue weighted by Gasteiger charge is 2.36. The van der Waals surface area contributed by atoms with Gasteiger partial charge in [0.15, 0.2) is 5.82 Å². The summed E-state index contributed by atoms with van der Waals surface area (Å²) < 4.78 is 0. The summed E-state index contributed by atoms with van der Waals surface area (Å²) >= 11 is 0. The van der Waals surface area contributed by atoms with Gasteiger partial charge < -0.3 is 0 Å². The molecule has 268 valence electrons. The van der Waals surface area contributed by atoms with Crippen LogP contribution in [0.3, 0.4) is 0 Å². The number of benzene rings is 9. The Balaban J connectivity index is 1.04. The maximum absolute atomic E-state index is 5.26. The van der Waals surface area contributed by atoms with E-state index in [1.165, 1.54) is 71.4 Å². The second-order valence-electron chi connectivity index (χ2n) is 15.7. The first-order valence-corrected chi connectivity index (χ1v) is 19.7. The van der Waals surface area contributed by atoms with E-state index in [0.29, 0.717) is 5.82 Å². The molecule has 0 radical (unpaired) electrons. The summed E-state index contributed by atoms with van der Waals surface area (Å²) in [5.74, 6) is 0.710. The number of hydrogen-bond acceptors (Lipinski definition) is 2. The Morgan fingerprint density at radius 1 is 0.333 bits per heavy atom. The number of hydrogen-bond donors (Lipinski definition) is 0. The molecule has 0 saturated heterocycles. The molecule has 2 heteroatoms. The first-order chi connectivity index (χ1) is 28.0. The fourth-order valence-corrected chi connectivity index (χ4v) is 9.21. The zero-order chi connectivity index (χ0) is 38.1. The van der Waals surface area contributed by atoms with Gasteiger partial charge in [0.05, 0.1) is 11.4 Å². The summed E-state index contributed by atoms with van der Waals surface area (Å²) in [7, 11) is 0. The molecule has 11 rings (SSSR count). The minimum Gasteiger partial charge on any atom is -0.228 e. The second kappa shape index (κ2) is 13.0. The third kappa shape index (κ3) is 5.40. The standard InChI is InChI=1S/C55H38N2/c1-55(2)49-31-28-40(33-48(49)53-44-19-9-7-14-36(44)27-32-50(53)55)43-29-30-47(46-21-11-10-20-45(43)46)52-34-51(56-54(57-52)39-15-4-3-5-16-39)38-25-23-37(24-26-38)42-22-12-17-35-13-6-8-18-41(35)42/h3-34H,1-2H3. The van der Waals surface area contributed by atoms with Gasteiger partial charge in [-0.3, -0.25) is 0 Å². The minimum absolute atomic E-state index is 0.0728. The Kier molecular flexibility index (Phi) is 7.55. The molecule has 0 amide bonds. The number of nitrogens with zero attached hydrogens (tertiary/aromatic N) is 2. The van der Waals surface area contributed by atoms with E-state index in [4.69, 9.17) is 9.97 Å². The molecule has 10 aromatic rings. The molecule has 0 saturated carbocycles. The van der Waals surface area contributed by atoms with Crippen LogP contribution in [0.4, 0.5) is 0 Å². The fourth-order valence-electron chi connectivity index (χ4n) is 9.21. The molecule has 0 unspecified atom stereocenters.